The predicted molar refractivity (Wildman–Crippen MR) is 67.2 cm³/mol. The third kappa shape index (κ3) is 3.06. The van der Waals surface area contributed by atoms with Crippen LogP contribution in [0.5, 0.6) is 0 Å². The Balaban J connectivity index is 2.09. The molecule has 8 heteroatoms. The van der Waals surface area contributed by atoms with Crippen LogP contribution in [0, 0.1) is 6.92 Å². The van der Waals surface area contributed by atoms with E-state index in [-0.39, 0.29) is 11.4 Å². The van der Waals surface area contributed by atoms with E-state index in [9.17, 15) is 9.59 Å². The van der Waals surface area contributed by atoms with Gasteiger partial charge in [0.05, 0.1) is 23.8 Å². The van der Waals surface area contributed by atoms with Crippen LogP contribution >= 0.6 is 0 Å². The number of aryl methyl sites for hydroxylation is 1. The van der Waals surface area contributed by atoms with Gasteiger partial charge in [-0.2, -0.15) is 0 Å². The topological polar surface area (TPSA) is 120 Å². The number of hydrogen-bond acceptors (Lipinski definition) is 4. The summed E-state index contributed by atoms with van der Waals surface area (Å²) in [6.45, 7) is 1.70. The fourth-order valence-corrected chi connectivity index (χ4v) is 1.50. The number of aromatic nitrogens is 3. The molecule has 4 N–H and O–H groups in total. The summed E-state index contributed by atoms with van der Waals surface area (Å²) in [6.07, 6.45) is 4.18. The van der Waals surface area contributed by atoms with E-state index in [1.165, 1.54) is 24.8 Å². The number of H-pyrrole nitrogens is 1. The molecular weight excluding hydrogens is 250 g/mol. The SMILES string of the molecule is Cc1cc(NC(=O)Nc2cncnc2)c(C(=O)O)[nH]1. The maximum absolute atomic E-state index is 11.7. The third-order valence-corrected chi connectivity index (χ3v) is 2.23. The monoisotopic (exact) mass is 261 g/mol. The predicted octanol–water partition coefficient (Wildman–Crippen LogP) is 1.46. The highest BCUT2D eigenvalue weighted by atomic mass is 16.4. The number of carboxylic acids is 1. The van der Waals surface area contributed by atoms with Crippen molar-refractivity contribution in [2.45, 2.75) is 6.92 Å². The van der Waals surface area contributed by atoms with Gasteiger partial charge in [-0.15, -0.1) is 0 Å². The number of carbonyl (C=O) groups is 2. The van der Waals surface area contributed by atoms with Crippen molar-refractivity contribution in [3.63, 3.8) is 0 Å². The van der Waals surface area contributed by atoms with Crippen molar-refractivity contribution in [3.05, 3.63) is 36.2 Å². The zero-order chi connectivity index (χ0) is 13.8. The van der Waals surface area contributed by atoms with Crippen LogP contribution in [0.2, 0.25) is 0 Å². The lowest BCUT2D eigenvalue weighted by Gasteiger charge is -2.06. The van der Waals surface area contributed by atoms with Gasteiger partial charge in [-0.1, -0.05) is 0 Å². The van der Waals surface area contributed by atoms with Gasteiger partial charge in [0.2, 0.25) is 0 Å². The molecule has 0 aromatic carbocycles. The molecule has 0 atom stereocenters. The third-order valence-electron chi connectivity index (χ3n) is 2.23. The molecule has 98 valence electrons. The molecule has 0 unspecified atom stereocenters. The van der Waals surface area contributed by atoms with Crippen LogP contribution in [0.3, 0.4) is 0 Å². The lowest BCUT2D eigenvalue weighted by Crippen LogP contribution is -2.20. The first kappa shape index (κ1) is 12.6. The Bertz CT molecular complexity index is 608. The summed E-state index contributed by atoms with van der Waals surface area (Å²) >= 11 is 0. The van der Waals surface area contributed by atoms with E-state index in [0.717, 1.165) is 0 Å². The van der Waals surface area contributed by atoms with E-state index in [0.29, 0.717) is 11.4 Å². The van der Waals surface area contributed by atoms with Crippen molar-refractivity contribution >= 4 is 23.4 Å². The fraction of sp³-hybridized carbons (Fsp3) is 0.0909. The van der Waals surface area contributed by atoms with E-state index in [2.05, 4.69) is 25.6 Å². The van der Waals surface area contributed by atoms with Crippen LogP contribution in [-0.2, 0) is 0 Å². The highest BCUT2D eigenvalue weighted by Crippen LogP contribution is 2.17. The summed E-state index contributed by atoms with van der Waals surface area (Å²) in [4.78, 5) is 32.8. The van der Waals surface area contributed by atoms with E-state index < -0.39 is 12.0 Å². The van der Waals surface area contributed by atoms with Gasteiger partial charge in [-0.3, -0.25) is 0 Å². The van der Waals surface area contributed by atoms with Gasteiger partial charge < -0.3 is 20.7 Å². The number of amides is 2. The summed E-state index contributed by atoms with van der Waals surface area (Å²) in [5, 5.41) is 13.9. The molecule has 0 fully saturated rings. The maximum atomic E-state index is 11.7. The van der Waals surface area contributed by atoms with Gasteiger partial charge in [-0.05, 0) is 13.0 Å². The standard InChI is InChI=1S/C11H11N5O3/c1-6-2-8(9(14-6)10(17)18)16-11(19)15-7-3-12-5-13-4-7/h2-5,14H,1H3,(H,17,18)(H2,15,16,19). The summed E-state index contributed by atoms with van der Waals surface area (Å²) < 4.78 is 0. The van der Waals surface area contributed by atoms with Crippen LogP contribution in [0.1, 0.15) is 16.2 Å². The summed E-state index contributed by atoms with van der Waals surface area (Å²) in [6, 6.07) is 0.959. The number of urea groups is 1. The van der Waals surface area contributed by atoms with Crippen molar-refractivity contribution in [2.75, 3.05) is 10.6 Å². The number of hydrogen-bond donors (Lipinski definition) is 4. The molecule has 0 radical (unpaired) electrons. The molecule has 19 heavy (non-hydrogen) atoms. The zero-order valence-electron chi connectivity index (χ0n) is 9.97. The van der Waals surface area contributed by atoms with Crippen molar-refractivity contribution in [3.8, 4) is 0 Å². The molecule has 2 aromatic heterocycles. The number of aromatic carboxylic acids is 1. The highest BCUT2D eigenvalue weighted by molar-refractivity contribution is 6.04. The normalized spacial score (nSPS) is 9.95. The molecule has 0 saturated carbocycles. The van der Waals surface area contributed by atoms with Crippen molar-refractivity contribution in [1.82, 2.24) is 15.0 Å². The molecule has 0 spiro atoms. The van der Waals surface area contributed by atoms with Crippen molar-refractivity contribution < 1.29 is 14.7 Å². The molecule has 2 aromatic rings. The molecule has 0 bridgehead atoms. The van der Waals surface area contributed by atoms with Crippen LogP contribution in [0.25, 0.3) is 0 Å². The molecule has 2 amide bonds. The Morgan fingerprint density at radius 1 is 1.26 bits per heavy atom. The zero-order valence-corrected chi connectivity index (χ0v) is 9.97. The summed E-state index contributed by atoms with van der Waals surface area (Å²) in [5.74, 6) is -1.15. The first-order chi connectivity index (χ1) is 9.06. The summed E-state index contributed by atoms with van der Waals surface area (Å²) in [7, 11) is 0. The van der Waals surface area contributed by atoms with Gasteiger partial charge in [0.1, 0.15) is 12.0 Å². The Morgan fingerprint density at radius 2 is 1.95 bits per heavy atom. The Hall–Kier alpha value is -2.90. The quantitative estimate of drug-likeness (QED) is 0.666. The number of rotatable bonds is 3. The van der Waals surface area contributed by atoms with Gasteiger partial charge in [-0.25, -0.2) is 19.6 Å². The van der Waals surface area contributed by atoms with Crippen molar-refractivity contribution in [2.24, 2.45) is 0 Å². The van der Waals surface area contributed by atoms with Crippen LogP contribution in [0.4, 0.5) is 16.2 Å². The fourth-order valence-electron chi connectivity index (χ4n) is 1.50. The Labute approximate surface area is 107 Å². The molecule has 2 heterocycles. The largest absolute Gasteiger partial charge is 0.477 e. The van der Waals surface area contributed by atoms with Crippen LogP contribution in [0.15, 0.2) is 24.8 Å². The van der Waals surface area contributed by atoms with E-state index in [1.54, 1.807) is 6.92 Å². The number of nitrogens with zero attached hydrogens (tertiary/aromatic N) is 2. The second kappa shape index (κ2) is 5.17. The highest BCUT2D eigenvalue weighted by Gasteiger charge is 2.15. The number of carboxylic acid groups (broad SMARTS) is 1. The minimum absolute atomic E-state index is 0.0723. The van der Waals surface area contributed by atoms with Gasteiger partial charge in [0.25, 0.3) is 0 Å². The van der Waals surface area contributed by atoms with Gasteiger partial charge >= 0.3 is 12.0 Å². The molecule has 8 nitrogen and oxygen atoms in total. The number of anilines is 2. The molecule has 0 saturated heterocycles. The minimum Gasteiger partial charge on any atom is -0.477 e. The molecule has 0 aliphatic rings. The maximum Gasteiger partial charge on any atom is 0.354 e. The number of carbonyl (C=O) groups excluding carboxylic acids is 1. The van der Waals surface area contributed by atoms with Crippen molar-refractivity contribution in [1.29, 1.82) is 0 Å². The smallest absolute Gasteiger partial charge is 0.354 e. The van der Waals surface area contributed by atoms with Crippen LogP contribution in [-0.4, -0.2) is 32.1 Å². The molecule has 0 aliphatic heterocycles. The molecular formula is C11H11N5O3. The first-order valence-electron chi connectivity index (χ1n) is 5.32. The minimum atomic E-state index is -1.15. The second-order valence-corrected chi connectivity index (χ2v) is 3.75. The number of aromatic amines is 1. The average molecular weight is 261 g/mol. The summed E-state index contributed by atoms with van der Waals surface area (Å²) in [5.41, 5.74) is 1.16. The Morgan fingerprint density at radius 3 is 2.58 bits per heavy atom. The second-order valence-electron chi connectivity index (χ2n) is 3.75. The lowest BCUT2D eigenvalue weighted by atomic mass is 10.3. The van der Waals surface area contributed by atoms with Crippen LogP contribution < -0.4 is 10.6 Å². The van der Waals surface area contributed by atoms with E-state index >= 15 is 0 Å². The van der Waals surface area contributed by atoms with Gasteiger partial charge in [0.15, 0.2) is 0 Å². The first-order valence-corrected chi connectivity index (χ1v) is 5.32. The molecule has 0 aliphatic carbocycles. The Kier molecular flexibility index (Phi) is 3.42. The van der Waals surface area contributed by atoms with E-state index in [4.69, 9.17) is 5.11 Å². The van der Waals surface area contributed by atoms with Gasteiger partial charge in [0, 0.05) is 5.69 Å². The molecule has 2 rings (SSSR count). The lowest BCUT2D eigenvalue weighted by molar-refractivity contribution is 0.0692. The van der Waals surface area contributed by atoms with E-state index in [1.807, 2.05) is 0 Å². The average Bonchev–Trinajstić information content (AvgIpc) is 2.71. The number of nitrogens with one attached hydrogen (secondary N) is 3.